The summed E-state index contributed by atoms with van der Waals surface area (Å²) in [5, 5.41) is 3.24. The van der Waals surface area contributed by atoms with Crippen molar-refractivity contribution in [3.05, 3.63) is 78.5 Å². The summed E-state index contributed by atoms with van der Waals surface area (Å²) >= 11 is 0. The van der Waals surface area contributed by atoms with E-state index in [9.17, 15) is 8.42 Å². The van der Waals surface area contributed by atoms with Crippen molar-refractivity contribution in [2.75, 3.05) is 26.2 Å². The van der Waals surface area contributed by atoms with Crippen LogP contribution < -0.4 is 0 Å². The third kappa shape index (κ3) is 3.44. The van der Waals surface area contributed by atoms with E-state index in [1.54, 1.807) is 16.4 Å². The third-order valence-corrected chi connectivity index (χ3v) is 7.65. The molecule has 1 aliphatic heterocycles. The molecule has 3 aromatic carbocycles. The second kappa shape index (κ2) is 7.30. The fraction of sp³-hybridized carbons (Fsp3) is 0.217. The molecule has 6 heteroatoms. The van der Waals surface area contributed by atoms with Gasteiger partial charge in [-0.05, 0) is 34.5 Å². The van der Waals surface area contributed by atoms with Crippen LogP contribution in [0.15, 0.2) is 77.8 Å². The van der Waals surface area contributed by atoms with Crippen LogP contribution in [0.2, 0.25) is 0 Å². The molecule has 0 atom stereocenters. The Morgan fingerprint density at radius 3 is 2.38 bits per heavy atom. The molecule has 0 saturated carbocycles. The Morgan fingerprint density at radius 2 is 1.55 bits per heavy atom. The molecule has 2 heterocycles. The van der Waals surface area contributed by atoms with E-state index in [4.69, 9.17) is 0 Å². The van der Waals surface area contributed by atoms with Gasteiger partial charge in [0.25, 0.3) is 0 Å². The van der Waals surface area contributed by atoms with Crippen molar-refractivity contribution in [1.29, 1.82) is 0 Å². The minimum absolute atomic E-state index is 0.376. The largest absolute Gasteiger partial charge is 0.361 e. The summed E-state index contributed by atoms with van der Waals surface area (Å²) in [6, 6.07) is 21.5. The zero-order chi connectivity index (χ0) is 19.8. The van der Waals surface area contributed by atoms with E-state index in [1.807, 2.05) is 42.5 Å². The maximum absolute atomic E-state index is 13.1. The average molecular weight is 406 g/mol. The molecule has 0 bridgehead atoms. The number of para-hydroxylation sites is 1. The van der Waals surface area contributed by atoms with Gasteiger partial charge in [0.05, 0.1) is 4.90 Å². The van der Waals surface area contributed by atoms with E-state index < -0.39 is 10.0 Å². The van der Waals surface area contributed by atoms with E-state index in [0.717, 1.165) is 35.9 Å². The van der Waals surface area contributed by atoms with Crippen molar-refractivity contribution in [3.63, 3.8) is 0 Å². The maximum atomic E-state index is 13.1. The summed E-state index contributed by atoms with van der Waals surface area (Å²) < 4.78 is 27.9. The third-order valence-electron chi connectivity index (χ3n) is 5.76. The Hall–Kier alpha value is -2.67. The van der Waals surface area contributed by atoms with E-state index in [2.05, 4.69) is 28.2 Å². The Labute approximate surface area is 170 Å². The van der Waals surface area contributed by atoms with E-state index in [0.29, 0.717) is 18.0 Å². The molecule has 29 heavy (non-hydrogen) atoms. The highest BCUT2D eigenvalue weighted by molar-refractivity contribution is 7.89. The number of benzene rings is 3. The van der Waals surface area contributed by atoms with Crippen molar-refractivity contribution >= 4 is 31.7 Å². The highest BCUT2D eigenvalue weighted by Gasteiger charge is 2.28. The van der Waals surface area contributed by atoms with Crippen LogP contribution in [0.1, 0.15) is 5.56 Å². The number of hydrogen-bond donors (Lipinski definition) is 1. The van der Waals surface area contributed by atoms with Gasteiger partial charge in [0.15, 0.2) is 0 Å². The number of sulfonamides is 1. The normalized spacial score (nSPS) is 16.6. The number of hydrogen-bond acceptors (Lipinski definition) is 3. The van der Waals surface area contributed by atoms with E-state index in [1.165, 1.54) is 10.9 Å². The van der Waals surface area contributed by atoms with Crippen molar-refractivity contribution in [2.45, 2.75) is 11.4 Å². The molecular formula is C23H23N3O2S. The zero-order valence-corrected chi connectivity index (χ0v) is 16.9. The molecule has 1 N–H and O–H groups in total. The number of aromatic nitrogens is 1. The molecule has 1 fully saturated rings. The lowest BCUT2D eigenvalue weighted by molar-refractivity contribution is 0.182. The first kappa shape index (κ1) is 18.4. The van der Waals surface area contributed by atoms with Gasteiger partial charge in [-0.1, -0.05) is 48.5 Å². The van der Waals surface area contributed by atoms with Crippen molar-refractivity contribution in [3.8, 4) is 0 Å². The fourth-order valence-electron chi connectivity index (χ4n) is 4.11. The van der Waals surface area contributed by atoms with Crippen LogP contribution in [0.4, 0.5) is 0 Å². The lowest BCUT2D eigenvalue weighted by atomic mass is 10.1. The summed E-state index contributed by atoms with van der Waals surface area (Å²) in [7, 11) is -3.47. The molecule has 5 nitrogen and oxygen atoms in total. The summed E-state index contributed by atoms with van der Waals surface area (Å²) in [6.07, 6.45) is 2.06. The average Bonchev–Trinajstić information content (AvgIpc) is 3.17. The van der Waals surface area contributed by atoms with Gasteiger partial charge in [0.1, 0.15) is 0 Å². The molecule has 0 amide bonds. The smallest absolute Gasteiger partial charge is 0.243 e. The van der Waals surface area contributed by atoms with Crippen LogP contribution in [0.5, 0.6) is 0 Å². The fourth-order valence-corrected chi connectivity index (χ4v) is 5.57. The summed E-state index contributed by atoms with van der Waals surface area (Å²) in [5.74, 6) is 0. The number of piperazine rings is 1. The van der Waals surface area contributed by atoms with Gasteiger partial charge in [0.2, 0.25) is 10.0 Å². The molecule has 0 spiro atoms. The van der Waals surface area contributed by atoms with E-state index in [-0.39, 0.29) is 0 Å². The Kier molecular flexibility index (Phi) is 4.62. The monoisotopic (exact) mass is 405 g/mol. The van der Waals surface area contributed by atoms with Crippen molar-refractivity contribution < 1.29 is 8.42 Å². The molecule has 4 aromatic rings. The van der Waals surface area contributed by atoms with Crippen molar-refractivity contribution in [2.24, 2.45) is 0 Å². The first-order valence-electron chi connectivity index (χ1n) is 9.87. The number of nitrogens with one attached hydrogen (secondary N) is 1. The van der Waals surface area contributed by atoms with Gasteiger partial charge in [-0.2, -0.15) is 4.31 Å². The maximum Gasteiger partial charge on any atom is 0.243 e. The van der Waals surface area contributed by atoms with Crippen LogP contribution in [-0.2, 0) is 16.6 Å². The van der Waals surface area contributed by atoms with Crippen LogP contribution in [-0.4, -0.2) is 48.8 Å². The Morgan fingerprint density at radius 1 is 0.828 bits per heavy atom. The van der Waals surface area contributed by atoms with Crippen molar-refractivity contribution in [1.82, 2.24) is 14.2 Å². The van der Waals surface area contributed by atoms with Crippen LogP contribution in [0, 0.1) is 0 Å². The minimum Gasteiger partial charge on any atom is -0.361 e. The second-order valence-electron chi connectivity index (χ2n) is 7.55. The number of rotatable bonds is 4. The quantitative estimate of drug-likeness (QED) is 0.561. The highest BCUT2D eigenvalue weighted by atomic mass is 32.2. The van der Waals surface area contributed by atoms with Crippen LogP contribution >= 0.6 is 0 Å². The van der Waals surface area contributed by atoms with Gasteiger partial charge in [-0.25, -0.2) is 8.42 Å². The lowest BCUT2D eigenvalue weighted by Gasteiger charge is -2.34. The van der Waals surface area contributed by atoms with E-state index >= 15 is 0 Å². The Bertz CT molecular complexity index is 1270. The standard InChI is InChI=1S/C23H23N3O2S/c27-29(28,21-10-9-18-5-1-2-6-19(18)15-21)26-13-11-25(12-14-26)17-20-16-24-23-8-4-3-7-22(20)23/h1-10,15-16,24H,11-14,17H2. The zero-order valence-electron chi connectivity index (χ0n) is 16.1. The molecule has 1 aliphatic rings. The predicted molar refractivity (Wildman–Crippen MR) is 116 cm³/mol. The number of aromatic amines is 1. The van der Waals surface area contributed by atoms with Crippen LogP contribution in [0.3, 0.4) is 0 Å². The predicted octanol–water partition coefficient (Wildman–Crippen LogP) is 3.83. The number of fused-ring (bicyclic) bond motifs is 2. The molecule has 1 aromatic heterocycles. The summed E-state index contributed by atoms with van der Waals surface area (Å²) in [4.78, 5) is 6.01. The lowest BCUT2D eigenvalue weighted by Crippen LogP contribution is -2.48. The molecule has 0 radical (unpaired) electrons. The van der Waals surface area contributed by atoms with Gasteiger partial charge in [-0.15, -0.1) is 0 Å². The minimum atomic E-state index is -3.47. The number of H-pyrrole nitrogens is 1. The molecule has 148 valence electrons. The molecular weight excluding hydrogens is 382 g/mol. The van der Waals surface area contributed by atoms with Gasteiger partial charge >= 0.3 is 0 Å². The summed E-state index contributed by atoms with van der Waals surface area (Å²) in [6.45, 7) is 3.31. The first-order valence-corrected chi connectivity index (χ1v) is 11.3. The Balaban J connectivity index is 1.30. The van der Waals surface area contributed by atoms with Gasteiger partial charge < -0.3 is 4.98 Å². The topological polar surface area (TPSA) is 56.4 Å². The SMILES string of the molecule is O=S(=O)(c1ccc2ccccc2c1)N1CCN(Cc2c[nH]c3ccccc23)CC1. The highest BCUT2D eigenvalue weighted by Crippen LogP contribution is 2.24. The summed E-state index contributed by atoms with van der Waals surface area (Å²) in [5.41, 5.74) is 2.39. The molecule has 0 unspecified atom stereocenters. The molecule has 0 aliphatic carbocycles. The first-order chi connectivity index (χ1) is 14.1. The van der Waals surface area contributed by atoms with Crippen LogP contribution in [0.25, 0.3) is 21.7 Å². The van der Waals surface area contributed by atoms with Gasteiger partial charge in [-0.3, -0.25) is 4.90 Å². The van der Waals surface area contributed by atoms with Gasteiger partial charge in [0, 0.05) is 49.8 Å². The molecule has 1 saturated heterocycles. The number of nitrogens with zero attached hydrogens (tertiary/aromatic N) is 2. The second-order valence-corrected chi connectivity index (χ2v) is 9.49. The molecule has 5 rings (SSSR count).